The average Bonchev–Trinajstić information content (AvgIpc) is 3.50. The standard InChI is InChI=1S/C33H35F3N6O2/c1-23(2)28-9-3-4-10-29(28)41-21-6-5-11-30(41)39-32(43)37-20-7-8-24-12-14-25(15-13-24)31-38-22-42(40-31)26-16-18-27(19-17-26)44-33(34,35)36/h3-4,9-10,12-19,22-23H,5-8,11,20-21H2,1-2H3,(H,37,43). The molecular formula is C33H35F3N6O2. The third kappa shape index (κ3) is 8.03. The first kappa shape index (κ1) is 30.8. The molecule has 0 atom stereocenters. The maximum Gasteiger partial charge on any atom is 0.573 e. The Labute approximate surface area is 254 Å². The van der Waals surface area contributed by atoms with Gasteiger partial charge in [0.2, 0.25) is 0 Å². The summed E-state index contributed by atoms with van der Waals surface area (Å²) in [6.07, 6.45) is 1.17. The van der Waals surface area contributed by atoms with E-state index in [0.717, 1.165) is 61.3 Å². The van der Waals surface area contributed by atoms with Gasteiger partial charge in [0.05, 0.1) is 5.69 Å². The van der Waals surface area contributed by atoms with Gasteiger partial charge in [-0.2, -0.15) is 4.99 Å². The highest BCUT2D eigenvalue weighted by atomic mass is 19.4. The highest BCUT2D eigenvalue weighted by molar-refractivity contribution is 6.04. The van der Waals surface area contributed by atoms with Crippen LogP contribution in [0.25, 0.3) is 17.1 Å². The Morgan fingerprint density at radius 3 is 2.50 bits per heavy atom. The molecule has 0 unspecified atom stereocenters. The minimum absolute atomic E-state index is 0.302. The summed E-state index contributed by atoms with van der Waals surface area (Å²) in [4.78, 5) is 23.7. The fraction of sp³-hybridized carbons (Fsp3) is 0.333. The number of aliphatic imine (C=N–C) groups is 1. The van der Waals surface area contributed by atoms with Gasteiger partial charge in [0.15, 0.2) is 5.82 Å². The number of piperidine rings is 1. The molecule has 1 aliphatic heterocycles. The van der Waals surface area contributed by atoms with Gasteiger partial charge in [-0.25, -0.2) is 14.5 Å². The second-order valence-corrected chi connectivity index (χ2v) is 10.9. The van der Waals surface area contributed by atoms with Crippen LogP contribution in [0.4, 0.5) is 23.7 Å². The highest BCUT2D eigenvalue weighted by Crippen LogP contribution is 2.30. The number of nitrogens with zero attached hydrogens (tertiary/aromatic N) is 5. The quantitative estimate of drug-likeness (QED) is 0.198. The highest BCUT2D eigenvalue weighted by Gasteiger charge is 2.31. The Morgan fingerprint density at radius 1 is 1.02 bits per heavy atom. The van der Waals surface area contributed by atoms with Gasteiger partial charge >= 0.3 is 12.4 Å². The van der Waals surface area contributed by atoms with Crippen LogP contribution in [0.3, 0.4) is 0 Å². The number of benzene rings is 3. The Hall–Kier alpha value is -4.67. The molecule has 8 nitrogen and oxygen atoms in total. The van der Waals surface area contributed by atoms with Crippen LogP contribution in [0.15, 0.2) is 84.1 Å². The maximum atomic E-state index is 12.7. The molecule has 0 radical (unpaired) electrons. The lowest BCUT2D eigenvalue weighted by atomic mass is 9.98. The summed E-state index contributed by atoms with van der Waals surface area (Å²) in [5, 5.41) is 7.38. The van der Waals surface area contributed by atoms with Crippen molar-refractivity contribution in [1.29, 1.82) is 0 Å². The molecule has 1 aliphatic rings. The van der Waals surface area contributed by atoms with Crippen molar-refractivity contribution in [3.63, 3.8) is 0 Å². The smallest absolute Gasteiger partial charge is 0.406 e. The number of carbonyl (C=O) groups excluding carboxylic acids is 1. The number of hydrogen-bond donors (Lipinski definition) is 1. The van der Waals surface area contributed by atoms with E-state index < -0.39 is 6.36 Å². The predicted octanol–water partition coefficient (Wildman–Crippen LogP) is 7.69. The number of amidine groups is 1. The minimum Gasteiger partial charge on any atom is -0.406 e. The summed E-state index contributed by atoms with van der Waals surface area (Å²) in [6.45, 7) is 5.72. The van der Waals surface area contributed by atoms with Crippen LogP contribution in [0.1, 0.15) is 56.6 Å². The summed E-state index contributed by atoms with van der Waals surface area (Å²) < 4.78 is 42.6. The molecule has 1 saturated heterocycles. The zero-order valence-corrected chi connectivity index (χ0v) is 24.7. The number of halogens is 3. The molecule has 11 heteroatoms. The van der Waals surface area contributed by atoms with E-state index in [2.05, 4.69) is 62.1 Å². The van der Waals surface area contributed by atoms with E-state index >= 15 is 0 Å². The first-order valence-corrected chi connectivity index (χ1v) is 14.8. The molecule has 5 rings (SSSR count). The van der Waals surface area contributed by atoms with Crippen LogP contribution >= 0.6 is 0 Å². The molecule has 230 valence electrons. The molecule has 0 bridgehead atoms. The van der Waals surface area contributed by atoms with E-state index in [1.54, 1.807) is 0 Å². The van der Waals surface area contributed by atoms with Crippen molar-refractivity contribution in [2.45, 2.75) is 58.2 Å². The molecule has 4 aromatic rings. The van der Waals surface area contributed by atoms with Crippen molar-refractivity contribution in [3.05, 3.63) is 90.3 Å². The summed E-state index contributed by atoms with van der Waals surface area (Å²) in [5.41, 5.74) is 4.86. The molecule has 1 fully saturated rings. The van der Waals surface area contributed by atoms with E-state index in [9.17, 15) is 18.0 Å². The summed E-state index contributed by atoms with van der Waals surface area (Å²) in [6, 6.07) is 21.3. The molecule has 0 aliphatic carbocycles. The van der Waals surface area contributed by atoms with Crippen LogP contribution < -0.4 is 15.0 Å². The van der Waals surface area contributed by atoms with E-state index in [0.29, 0.717) is 24.0 Å². The summed E-state index contributed by atoms with van der Waals surface area (Å²) in [7, 11) is 0. The van der Waals surface area contributed by atoms with Crippen molar-refractivity contribution in [2.24, 2.45) is 4.99 Å². The van der Waals surface area contributed by atoms with Gasteiger partial charge in [-0.3, -0.25) is 0 Å². The van der Waals surface area contributed by atoms with Crippen LogP contribution in [0.2, 0.25) is 0 Å². The van der Waals surface area contributed by atoms with Crippen molar-refractivity contribution in [3.8, 4) is 22.8 Å². The molecule has 2 heterocycles. The van der Waals surface area contributed by atoms with Crippen LogP contribution in [-0.2, 0) is 6.42 Å². The lowest BCUT2D eigenvalue weighted by molar-refractivity contribution is -0.274. The lowest BCUT2D eigenvalue weighted by Gasteiger charge is -2.32. The Kier molecular flexibility index (Phi) is 9.62. The van der Waals surface area contributed by atoms with Crippen molar-refractivity contribution >= 4 is 17.6 Å². The van der Waals surface area contributed by atoms with E-state index in [1.165, 1.54) is 40.8 Å². The number of alkyl halides is 3. The molecule has 1 aromatic heterocycles. The minimum atomic E-state index is -4.74. The predicted molar refractivity (Wildman–Crippen MR) is 164 cm³/mol. The molecule has 0 saturated carbocycles. The lowest BCUT2D eigenvalue weighted by Crippen LogP contribution is -2.38. The number of carbonyl (C=O) groups is 1. The summed E-state index contributed by atoms with van der Waals surface area (Å²) >= 11 is 0. The van der Waals surface area contributed by atoms with Crippen LogP contribution in [0, 0.1) is 0 Å². The molecular weight excluding hydrogens is 569 g/mol. The number of para-hydroxylation sites is 1. The zero-order valence-electron chi connectivity index (χ0n) is 24.7. The first-order valence-electron chi connectivity index (χ1n) is 14.8. The normalized spacial score (nSPS) is 14.7. The largest absolute Gasteiger partial charge is 0.573 e. The van der Waals surface area contributed by atoms with Crippen LogP contribution in [0.5, 0.6) is 5.75 Å². The van der Waals surface area contributed by atoms with Gasteiger partial charge in [-0.1, -0.05) is 56.3 Å². The van der Waals surface area contributed by atoms with Crippen molar-refractivity contribution in [2.75, 3.05) is 18.0 Å². The number of rotatable bonds is 9. The SMILES string of the molecule is CC(C)c1ccccc1N1CCCCC1=NC(=O)NCCCc1ccc(-c2ncn(-c3ccc(OC(F)(F)F)cc3)n2)cc1. The average molecular weight is 605 g/mol. The van der Waals surface area contributed by atoms with E-state index in [4.69, 9.17) is 0 Å². The van der Waals surface area contributed by atoms with Crippen LogP contribution in [-0.4, -0.2) is 46.1 Å². The number of anilines is 1. The second kappa shape index (κ2) is 13.7. The fourth-order valence-corrected chi connectivity index (χ4v) is 5.20. The zero-order chi connectivity index (χ0) is 31.1. The number of amides is 2. The van der Waals surface area contributed by atoms with Gasteiger partial charge in [-0.15, -0.1) is 18.3 Å². The molecule has 44 heavy (non-hydrogen) atoms. The third-order valence-corrected chi connectivity index (χ3v) is 7.38. The van der Waals surface area contributed by atoms with Crippen molar-refractivity contribution < 1.29 is 22.7 Å². The van der Waals surface area contributed by atoms with Gasteiger partial charge < -0.3 is 15.0 Å². The number of aromatic nitrogens is 3. The van der Waals surface area contributed by atoms with E-state index in [1.807, 2.05) is 30.3 Å². The topological polar surface area (TPSA) is 84.6 Å². The number of ether oxygens (including phenoxy) is 1. The Balaban J connectivity index is 1.12. The summed E-state index contributed by atoms with van der Waals surface area (Å²) in [5.74, 6) is 1.39. The number of aryl methyl sites for hydroxylation is 1. The third-order valence-electron chi connectivity index (χ3n) is 7.38. The molecule has 1 N–H and O–H groups in total. The second-order valence-electron chi connectivity index (χ2n) is 10.9. The van der Waals surface area contributed by atoms with Gasteiger partial charge in [0.25, 0.3) is 0 Å². The van der Waals surface area contributed by atoms with Crippen molar-refractivity contribution in [1.82, 2.24) is 20.1 Å². The van der Waals surface area contributed by atoms with E-state index in [-0.39, 0.29) is 11.8 Å². The van der Waals surface area contributed by atoms with Gasteiger partial charge in [-0.05, 0) is 73.1 Å². The maximum absolute atomic E-state index is 12.7. The molecule has 0 spiro atoms. The molecule has 2 amide bonds. The fourth-order valence-electron chi connectivity index (χ4n) is 5.20. The van der Waals surface area contributed by atoms with Gasteiger partial charge in [0.1, 0.15) is 17.9 Å². The monoisotopic (exact) mass is 604 g/mol. The number of nitrogens with one attached hydrogen (secondary N) is 1. The molecule has 3 aromatic carbocycles. The number of urea groups is 1. The number of hydrogen-bond acceptors (Lipinski definition) is 4. The Bertz CT molecular complexity index is 1580. The van der Waals surface area contributed by atoms with Gasteiger partial charge in [0, 0.05) is 30.8 Å². The first-order chi connectivity index (χ1) is 21.2. The Morgan fingerprint density at radius 2 is 1.77 bits per heavy atom.